The zero-order valence-electron chi connectivity index (χ0n) is 8.76. The number of carbonyl (C=O) groups is 2. The molecule has 0 bridgehead atoms. The quantitative estimate of drug-likeness (QED) is 0.555. The first-order valence-corrected chi connectivity index (χ1v) is 4.69. The fourth-order valence-corrected chi connectivity index (χ4v) is 0.852. The maximum Gasteiger partial charge on any atom is 0.222 e. The van der Waals surface area contributed by atoms with Crippen LogP contribution in [-0.4, -0.2) is 39.1 Å². The molecule has 0 aromatic heterocycles. The molecule has 0 saturated carbocycles. The zero-order chi connectivity index (χ0) is 10.8. The van der Waals surface area contributed by atoms with Crippen LogP contribution in [0.15, 0.2) is 0 Å². The first kappa shape index (κ1) is 12.9. The van der Waals surface area contributed by atoms with Crippen molar-refractivity contribution in [2.45, 2.75) is 19.3 Å². The van der Waals surface area contributed by atoms with Gasteiger partial charge in [0.25, 0.3) is 0 Å². The molecule has 0 aliphatic rings. The molecule has 0 radical (unpaired) electrons. The van der Waals surface area contributed by atoms with Gasteiger partial charge in [-0.05, 0) is 6.42 Å². The average molecular weight is 202 g/mol. The molecule has 2 N–H and O–H groups in total. The SMILES string of the molecule is CNC(=O)CCCOCCC(=O)NC. The van der Waals surface area contributed by atoms with Crippen LogP contribution >= 0.6 is 0 Å². The van der Waals surface area contributed by atoms with Crippen LogP contribution in [0.4, 0.5) is 0 Å². The summed E-state index contributed by atoms with van der Waals surface area (Å²) in [5, 5.41) is 5.02. The topological polar surface area (TPSA) is 67.4 Å². The van der Waals surface area contributed by atoms with E-state index >= 15 is 0 Å². The fraction of sp³-hybridized carbons (Fsp3) is 0.778. The van der Waals surface area contributed by atoms with E-state index in [1.54, 1.807) is 14.1 Å². The van der Waals surface area contributed by atoms with E-state index in [0.29, 0.717) is 32.5 Å². The van der Waals surface area contributed by atoms with E-state index in [2.05, 4.69) is 10.6 Å². The molecule has 0 aliphatic heterocycles. The van der Waals surface area contributed by atoms with E-state index < -0.39 is 0 Å². The van der Waals surface area contributed by atoms with Gasteiger partial charge in [0.2, 0.25) is 11.8 Å². The van der Waals surface area contributed by atoms with Crippen LogP contribution in [0.2, 0.25) is 0 Å². The molecule has 0 atom stereocenters. The van der Waals surface area contributed by atoms with Gasteiger partial charge in [-0.3, -0.25) is 9.59 Å². The predicted octanol–water partition coefficient (Wildman–Crippen LogP) is -0.335. The number of amides is 2. The molecule has 0 spiro atoms. The first-order chi connectivity index (χ1) is 6.70. The second-order valence-electron chi connectivity index (χ2n) is 2.81. The molecule has 0 saturated heterocycles. The van der Waals surface area contributed by atoms with Gasteiger partial charge in [0, 0.05) is 33.5 Å². The summed E-state index contributed by atoms with van der Waals surface area (Å²) in [6, 6.07) is 0. The lowest BCUT2D eigenvalue weighted by Crippen LogP contribution is -2.20. The van der Waals surface area contributed by atoms with Crippen LogP contribution in [0.3, 0.4) is 0 Å². The molecule has 0 unspecified atom stereocenters. The van der Waals surface area contributed by atoms with Crippen molar-refractivity contribution < 1.29 is 14.3 Å². The summed E-state index contributed by atoms with van der Waals surface area (Å²) in [5.74, 6) is -0.0174. The van der Waals surface area contributed by atoms with Gasteiger partial charge in [-0.2, -0.15) is 0 Å². The van der Waals surface area contributed by atoms with E-state index in [1.807, 2.05) is 0 Å². The highest BCUT2D eigenvalue weighted by molar-refractivity contribution is 5.75. The lowest BCUT2D eigenvalue weighted by Gasteiger charge is -2.03. The molecule has 0 fully saturated rings. The Morgan fingerprint density at radius 2 is 1.57 bits per heavy atom. The Labute approximate surface area is 84.2 Å². The second kappa shape index (κ2) is 8.50. The maximum absolute atomic E-state index is 10.8. The summed E-state index contributed by atoms with van der Waals surface area (Å²) in [4.78, 5) is 21.5. The monoisotopic (exact) mass is 202 g/mol. The van der Waals surface area contributed by atoms with Crippen molar-refractivity contribution in [3.63, 3.8) is 0 Å². The minimum absolute atomic E-state index is 0.0138. The van der Waals surface area contributed by atoms with Crippen LogP contribution in [0.5, 0.6) is 0 Å². The third-order valence-electron chi connectivity index (χ3n) is 1.72. The van der Waals surface area contributed by atoms with Crippen molar-refractivity contribution in [1.82, 2.24) is 10.6 Å². The lowest BCUT2D eigenvalue weighted by atomic mass is 10.3. The Morgan fingerprint density at radius 3 is 2.14 bits per heavy atom. The highest BCUT2D eigenvalue weighted by Gasteiger charge is 1.99. The Bertz CT molecular complexity index is 163. The molecular weight excluding hydrogens is 184 g/mol. The Balaban J connectivity index is 3.14. The Kier molecular flexibility index (Phi) is 7.83. The number of hydrogen-bond acceptors (Lipinski definition) is 3. The van der Waals surface area contributed by atoms with E-state index in [1.165, 1.54) is 0 Å². The molecule has 0 aliphatic carbocycles. The minimum atomic E-state index is -0.0312. The number of carbonyl (C=O) groups excluding carboxylic acids is 2. The van der Waals surface area contributed by atoms with E-state index in [0.717, 1.165) is 0 Å². The minimum Gasteiger partial charge on any atom is -0.381 e. The summed E-state index contributed by atoms with van der Waals surface area (Å²) >= 11 is 0. The third-order valence-corrected chi connectivity index (χ3v) is 1.72. The van der Waals surface area contributed by atoms with Crippen LogP contribution in [-0.2, 0) is 14.3 Å². The normalized spacial score (nSPS) is 9.57. The van der Waals surface area contributed by atoms with Crippen LogP contribution in [0, 0.1) is 0 Å². The van der Waals surface area contributed by atoms with Crippen LogP contribution in [0.25, 0.3) is 0 Å². The number of hydrogen-bond donors (Lipinski definition) is 2. The van der Waals surface area contributed by atoms with Gasteiger partial charge in [0.1, 0.15) is 0 Å². The van der Waals surface area contributed by atoms with Crippen molar-refractivity contribution >= 4 is 11.8 Å². The lowest BCUT2D eigenvalue weighted by molar-refractivity contribution is -0.122. The van der Waals surface area contributed by atoms with Gasteiger partial charge in [-0.1, -0.05) is 0 Å². The molecule has 0 aromatic carbocycles. The smallest absolute Gasteiger partial charge is 0.222 e. The Morgan fingerprint density at radius 1 is 1.00 bits per heavy atom. The van der Waals surface area contributed by atoms with Crippen molar-refractivity contribution in [1.29, 1.82) is 0 Å². The van der Waals surface area contributed by atoms with Gasteiger partial charge in [0.05, 0.1) is 6.61 Å². The Hall–Kier alpha value is -1.10. The maximum atomic E-state index is 10.8. The van der Waals surface area contributed by atoms with Crippen molar-refractivity contribution in [2.24, 2.45) is 0 Å². The van der Waals surface area contributed by atoms with Crippen molar-refractivity contribution in [2.75, 3.05) is 27.3 Å². The fourth-order valence-electron chi connectivity index (χ4n) is 0.852. The average Bonchev–Trinajstić information content (AvgIpc) is 2.22. The van der Waals surface area contributed by atoms with Crippen LogP contribution in [0.1, 0.15) is 19.3 Å². The summed E-state index contributed by atoms with van der Waals surface area (Å²) in [6.45, 7) is 0.928. The summed E-state index contributed by atoms with van der Waals surface area (Å²) in [5.41, 5.74) is 0. The largest absolute Gasteiger partial charge is 0.381 e. The van der Waals surface area contributed by atoms with Crippen LogP contribution < -0.4 is 10.6 Å². The molecular formula is C9H18N2O3. The van der Waals surface area contributed by atoms with Gasteiger partial charge in [-0.25, -0.2) is 0 Å². The first-order valence-electron chi connectivity index (χ1n) is 4.69. The molecule has 0 rings (SSSR count). The van der Waals surface area contributed by atoms with Crippen molar-refractivity contribution in [3.8, 4) is 0 Å². The second-order valence-corrected chi connectivity index (χ2v) is 2.81. The van der Waals surface area contributed by atoms with E-state index in [9.17, 15) is 9.59 Å². The van der Waals surface area contributed by atoms with E-state index in [4.69, 9.17) is 4.74 Å². The number of rotatable bonds is 7. The summed E-state index contributed by atoms with van der Waals surface area (Å²) < 4.78 is 5.16. The molecule has 5 heteroatoms. The zero-order valence-corrected chi connectivity index (χ0v) is 8.76. The number of nitrogens with one attached hydrogen (secondary N) is 2. The predicted molar refractivity (Wildman–Crippen MR) is 52.8 cm³/mol. The summed E-state index contributed by atoms with van der Waals surface area (Å²) in [7, 11) is 3.20. The van der Waals surface area contributed by atoms with E-state index in [-0.39, 0.29) is 11.8 Å². The molecule has 0 aromatic rings. The van der Waals surface area contributed by atoms with Gasteiger partial charge >= 0.3 is 0 Å². The molecule has 82 valence electrons. The third kappa shape index (κ3) is 7.54. The standard InChI is InChI=1S/C9H18N2O3/c1-10-8(12)4-3-6-14-7-5-9(13)11-2/h3-7H2,1-2H3,(H,10,12)(H,11,13). The summed E-state index contributed by atoms with van der Waals surface area (Å²) in [6.07, 6.45) is 1.53. The van der Waals surface area contributed by atoms with Crippen molar-refractivity contribution in [3.05, 3.63) is 0 Å². The van der Waals surface area contributed by atoms with Gasteiger partial charge < -0.3 is 15.4 Å². The molecule has 5 nitrogen and oxygen atoms in total. The van der Waals surface area contributed by atoms with Gasteiger partial charge in [0.15, 0.2) is 0 Å². The molecule has 14 heavy (non-hydrogen) atoms. The molecule has 2 amide bonds. The highest BCUT2D eigenvalue weighted by Crippen LogP contribution is 1.91. The van der Waals surface area contributed by atoms with Gasteiger partial charge in [-0.15, -0.1) is 0 Å². The number of ether oxygens (including phenoxy) is 1. The highest BCUT2D eigenvalue weighted by atomic mass is 16.5. The molecule has 0 heterocycles.